The van der Waals surface area contributed by atoms with Gasteiger partial charge in [-0.15, -0.1) is 0 Å². The van der Waals surface area contributed by atoms with E-state index in [0.29, 0.717) is 24.3 Å². The van der Waals surface area contributed by atoms with Crippen molar-refractivity contribution in [2.75, 3.05) is 25.0 Å². The molecule has 0 radical (unpaired) electrons. The second-order valence-corrected chi connectivity index (χ2v) is 5.08. The van der Waals surface area contributed by atoms with Gasteiger partial charge in [-0.1, -0.05) is 22.5 Å². The average molecular weight is 309 g/mol. The zero-order valence-electron chi connectivity index (χ0n) is 10.00. The Labute approximate surface area is 114 Å². The standard InChI is InChI=1S/C13H13BrN2O2/c1-8(6-15-2)7-16-11-5-9(14)3-4-10(11)12(17)13(16)18/h3-5,15H,1,6-7H2,2H3. The Bertz CT molecular complexity index is 540. The number of fused-ring (bicyclic) bond motifs is 1. The summed E-state index contributed by atoms with van der Waals surface area (Å²) in [4.78, 5) is 25.2. The van der Waals surface area contributed by atoms with Gasteiger partial charge in [0.05, 0.1) is 11.3 Å². The molecule has 1 heterocycles. The molecule has 0 saturated heterocycles. The van der Waals surface area contributed by atoms with E-state index in [1.807, 2.05) is 7.05 Å². The molecule has 4 nitrogen and oxygen atoms in total. The molecule has 0 unspecified atom stereocenters. The van der Waals surface area contributed by atoms with Gasteiger partial charge in [0.15, 0.2) is 0 Å². The number of hydrogen-bond acceptors (Lipinski definition) is 3. The summed E-state index contributed by atoms with van der Waals surface area (Å²) < 4.78 is 0.841. The zero-order chi connectivity index (χ0) is 13.3. The van der Waals surface area contributed by atoms with Gasteiger partial charge in [0.2, 0.25) is 0 Å². The van der Waals surface area contributed by atoms with Gasteiger partial charge >= 0.3 is 0 Å². The van der Waals surface area contributed by atoms with Gasteiger partial charge in [-0.3, -0.25) is 9.59 Å². The lowest BCUT2D eigenvalue weighted by atomic mass is 10.1. The van der Waals surface area contributed by atoms with Crippen LogP contribution in [0.1, 0.15) is 10.4 Å². The summed E-state index contributed by atoms with van der Waals surface area (Å²) in [6.07, 6.45) is 0. The summed E-state index contributed by atoms with van der Waals surface area (Å²) in [5.41, 5.74) is 1.96. The van der Waals surface area contributed by atoms with Crippen LogP contribution in [-0.4, -0.2) is 31.8 Å². The molecule has 0 fully saturated rings. The van der Waals surface area contributed by atoms with E-state index in [-0.39, 0.29) is 0 Å². The van der Waals surface area contributed by atoms with E-state index in [0.717, 1.165) is 10.0 Å². The number of carbonyl (C=O) groups is 2. The molecule has 0 aromatic heterocycles. The highest BCUT2D eigenvalue weighted by atomic mass is 79.9. The molecule has 0 bridgehead atoms. The summed E-state index contributed by atoms with van der Waals surface area (Å²) >= 11 is 3.35. The first kappa shape index (κ1) is 13.0. The normalized spacial score (nSPS) is 14.0. The maximum Gasteiger partial charge on any atom is 0.299 e. The Morgan fingerprint density at radius 1 is 1.44 bits per heavy atom. The summed E-state index contributed by atoms with van der Waals surface area (Å²) in [6, 6.07) is 5.21. The summed E-state index contributed by atoms with van der Waals surface area (Å²) in [5.74, 6) is -0.935. The van der Waals surface area contributed by atoms with Crippen molar-refractivity contribution < 1.29 is 9.59 Å². The molecular weight excluding hydrogens is 296 g/mol. The number of Topliss-reactive ketones (excluding diaryl/α,β-unsaturated/α-hetero) is 1. The highest BCUT2D eigenvalue weighted by Crippen LogP contribution is 2.31. The second kappa shape index (κ2) is 5.04. The molecule has 1 aliphatic rings. The van der Waals surface area contributed by atoms with Crippen molar-refractivity contribution in [1.82, 2.24) is 5.32 Å². The van der Waals surface area contributed by atoms with Crippen LogP contribution in [0, 0.1) is 0 Å². The average Bonchev–Trinajstić information content (AvgIpc) is 2.55. The molecule has 0 spiro atoms. The topological polar surface area (TPSA) is 49.4 Å². The molecule has 0 saturated carbocycles. The third-order valence-electron chi connectivity index (χ3n) is 2.74. The first-order chi connectivity index (χ1) is 8.54. The molecule has 2 rings (SSSR count). The van der Waals surface area contributed by atoms with Crippen LogP contribution >= 0.6 is 15.9 Å². The number of hydrogen-bond donors (Lipinski definition) is 1. The van der Waals surface area contributed by atoms with Crippen LogP contribution in [0.15, 0.2) is 34.8 Å². The molecule has 1 aliphatic heterocycles. The molecular formula is C13H13BrN2O2. The van der Waals surface area contributed by atoms with Crippen LogP contribution in [0.4, 0.5) is 5.69 Å². The number of likely N-dealkylation sites (N-methyl/N-ethyl adjacent to an activating group) is 1. The number of rotatable bonds is 4. The second-order valence-electron chi connectivity index (χ2n) is 4.16. The van der Waals surface area contributed by atoms with Gasteiger partial charge in [-0.05, 0) is 30.8 Å². The van der Waals surface area contributed by atoms with E-state index in [9.17, 15) is 9.59 Å². The highest BCUT2D eigenvalue weighted by Gasteiger charge is 2.35. The van der Waals surface area contributed by atoms with Gasteiger partial charge in [0.25, 0.3) is 11.7 Å². The van der Waals surface area contributed by atoms with E-state index < -0.39 is 11.7 Å². The third-order valence-corrected chi connectivity index (χ3v) is 3.24. The minimum absolute atomic E-state index is 0.356. The maximum atomic E-state index is 11.9. The van der Waals surface area contributed by atoms with Crippen molar-refractivity contribution in [1.29, 1.82) is 0 Å². The minimum Gasteiger partial charge on any atom is -0.316 e. The number of nitrogens with one attached hydrogen (secondary N) is 1. The maximum absolute atomic E-state index is 11.9. The molecule has 5 heteroatoms. The van der Waals surface area contributed by atoms with E-state index in [1.54, 1.807) is 18.2 Å². The van der Waals surface area contributed by atoms with E-state index in [1.165, 1.54) is 4.90 Å². The number of halogens is 1. The van der Waals surface area contributed by atoms with Crippen molar-refractivity contribution in [3.63, 3.8) is 0 Å². The Morgan fingerprint density at radius 2 is 2.17 bits per heavy atom. The van der Waals surface area contributed by atoms with Crippen molar-refractivity contribution in [3.05, 3.63) is 40.4 Å². The summed E-state index contributed by atoms with van der Waals surface area (Å²) in [6.45, 7) is 4.85. The molecule has 0 aliphatic carbocycles. The van der Waals surface area contributed by atoms with Crippen LogP contribution in [0.2, 0.25) is 0 Å². The monoisotopic (exact) mass is 308 g/mol. The van der Waals surface area contributed by atoms with Crippen LogP contribution < -0.4 is 10.2 Å². The first-order valence-electron chi connectivity index (χ1n) is 5.51. The van der Waals surface area contributed by atoms with E-state index in [4.69, 9.17) is 0 Å². The SMILES string of the molecule is C=C(CNC)CN1C(=O)C(=O)c2ccc(Br)cc21. The zero-order valence-corrected chi connectivity index (χ0v) is 11.6. The van der Waals surface area contributed by atoms with Gasteiger partial charge < -0.3 is 10.2 Å². The molecule has 94 valence electrons. The van der Waals surface area contributed by atoms with E-state index in [2.05, 4.69) is 27.8 Å². The quantitative estimate of drug-likeness (QED) is 0.681. The Morgan fingerprint density at radius 3 is 2.83 bits per heavy atom. The largest absolute Gasteiger partial charge is 0.316 e. The van der Waals surface area contributed by atoms with Crippen molar-refractivity contribution in [2.24, 2.45) is 0 Å². The fourth-order valence-electron chi connectivity index (χ4n) is 1.95. The van der Waals surface area contributed by atoms with Gasteiger partial charge in [0.1, 0.15) is 0 Å². The van der Waals surface area contributed by atoms with Crippen LogP contribution in [-0.2, 0) is 4.79 Å². The molecule has 1 aromatic rings. The van der Waals surface area contributed by atoms with Crippen molar-refractivity contribution in [3.8, 4) is 0 Å². The highest BCUT2D eigenvalue weighted by molar-refractivity contribution is 9.10. The fraction of sp³-hybridized carbons (Fsp3) is 0.231. The van der Waals surface area contributed by atoms with Gasteiger partial charge in [0, 0.05) is 17.6 Å². The number of amides is 1. The van der Waals surface area contributed by atoms with Crippen LogP contribution in [0.25, 0.3) is 0 Å². The lowest BCUT2D eigenvalue weighted by molar-refractivity contribution is -0.114. The first-order valence-corrected chi connectivity index (χ1v) is 6.31. The minimum atomic E-state index is -0.486. The van der Waals surface area contributed by atoms with Gasteiger partial charge in [-0.2, -0.15) is 0 Å². The Hall–Kier alpha value is -1.46. The summed E-state index contributed by atoms with van der Waals surface area (Å²) in [5, 5.41) is 2.97. The fourth-order valence-corrected chi connectivity index (χ4v) is 2.30. The molecule has 18 heavy (non-hydrogen) atoms. The number of ketones is 1. The Kier molecular flexibility index (Phi) is 3.63. The number of anilines is 1. The number of carbonyl (C=O) groups excluding carboxylic acids is 2. The Balaban J connectivity index is 2.33. The van der Waals surface area contributed by atoms with E-state index >= 15 is 0 Å². The predicted octanol–water partition coefficient (Wildman–Crippen LogP) is 1.75. The number of nitrogens with zero attached hydrogens (tertiary/aromatic N) is 1. The van der Waals surface area contributed by atoms with Crippen molar-refractivity contribution in [2.45, 2.75) is 0 Å². The predicted molar refractivity (Wildman–Crippen MR) is 73.9 cm³/mol. The molecule has 0 atom stereocenters. The molecule has 1 amide bonds. The smallest absolute Gasteiger partial charge is 0.299 e. The molecule has 1 N–H and O–H groups in total. The summed E-state index contributed by atoms with van der Waals surface area (Å²) in [7, 11) is 1.81. The number of benzene rings is 1. The molecule has 1 aromatic carbocycles. The lowest BCUT2D eigenvalue weighted by Crippen LogP contribution is -2.33. The van der Waals surface area contributed by atoms with Crippen LogP contribution in [0.3, 0.4) is 0 Å². The third kappa shape index (κ3) is 2.23. The lowest BCUT2D eigenvalue weighted by Gasteiger charge is -2.18. The van der Waals surface area contributed by atoms with Crippen molar-refractivity contribution >= 4 is 33.3 Å². The van der Waals surface area contributed by atoms with Crippen LogP contribution in [0.5, 0.6) is 0 Å². The van der Waals surface area contributed by atoms with Gasteiger partial charge in [-0.25, -0.2) is 0 Å².